The maximum atomic E-state index is 11.6. The van der Waals surface area contributed by atoms with Crippen LogP contribution in [0.1, 0.15) is 28.0 Å². The molecule has 1 aliphatic heterocycles. The van der Waals surface area contributed by atoms with Crippen molar-refractivity contribution in [3.8, 4) is 0 Å². The van der Waals surface area contributed by atoms with Gasteiger partial charge in [-0.2, -0.15) is 0 Å². The molecule has 7 nitrogen and oxygen atoms in total. The lowest BCUT2D eigenvalue weighted by Crippen LogP contribution is -2.36. The molecule has 0 radical (unpaired) electrons. The van der Waals surface area contributed by atoms with Gasteiger partial charge in [0.15, 0.2) is 5.82 Å². The molecular formula is C12H18N4O3. The monoisotopic (exact) mass is 266 g/mol. The van der Waals surface area contributed by atoms with Crippen molar-refractivity contribution in [2.24, 2.45) is 0 Å². The molecule has 19 heavy (non-hydrogen) atoms. The molecule has 1 saturated heterocycles. The number of likely N-dealkylation sites (N-methyl/N-ethyl adjacent to an activating group) is 1. The van der Waals surface area contributed by atoms with Crippen LogP contribution in [-0.2, 0) is 9.47 Å². The van der Waals surface area contributed by atoms with E-state index < -0.39 is 5.97 Å². The summed E-state index contributed by atoms with van der Waals surface area (Å²) in [6.45, 7) is 3.92. The minimum absolute atomic E-state index is 0.131. The van der Waals surface area contributed by atoms with Gasteiger partial charge >= 0.3 is 5.97 Å². The van der Waals surface area contributed by atoms with E-state index in [0.29, 0.717) is 24.7 Å². The molecule has 1 aromatic heterocycles. The van der Waals surface area contributed by atoms with E-state index in [1.165, 1.54) is 7.11 Å². The Morgan fingerprint density at radius 1 is 1.53 bits per heavy atom. The van der Waals surface area contributed by atoms with Gasteiger partial charge < -0.3 is 20.1 Å². The van der Waals surface area contributed by atoms with Gasteiger partial charge in [-0.05, 0) is 14.0 Å². The fourth-order valence-corrected chi connectivity index (χ4v) is 2.05. The Balaban J connectivity index is 2.31. The zero-order valence-corrected chi connectivity index (χ0v) is 11.3. The lowest BCUT2D eigenvalue weighted by Gasteiger charge is -2.29. The molecule has 2 heterocycles. The first kappa shape index (κ1) is 13.7. The van der Waals surface area contributed by atoms with Crippen molar-refractivity contribution in [3.63, 3.8) is 0 Å². The summed E-state index contributed by atoms with van der Waals surface area (Å²) in [6.07, 6.45) is -0.216. The van der Waals surface area contributed by atoms with E-state index in [1.54, 1.807) is 6.92 Å². The van der Waals surface area contributed by atoms with Crippen LogP contribution in [0, 0.1) is 6.92 Å². The topological polar surface area (TPSA) is 90.6 Å². The van der Waals surface area contributed by atoms with Crippen LogP contribution in [0.5, 0.6) is 0 Å². The van der Waals surface area contributed by atoms with Crippen molar-refractivity contribution in [3.05, 3.63) is 17.1 Å². The SMILES string of the molecule is COC(=O)c1c(C)nc(C2CN(C)CCO2)nc1N. The average molecular weight is 266 g/mol. The number of morpholine rings is 1. The predicted molar refractivity (Wildman–Crippen MR) is 68.7 cm³/mol. The number of rotatable bonds is 2. The Labute approximate surface area is 111 Å². The molecule has 0 aromatic carbocycles. The minimum atomic E-state index is -0.525. The number of methoxy groups -OCH3 is 1. The Hall–Kier alpha value is -1.73. The summed E-state index contributed by atoms with van der Waals surface area (Å²) in [6, 6.07) is 0. The first-order chi connectivity index (χ1) is 9.02. The van der Waals surface area contributed by atoms with E-state index in [-0.39, 0.29) is 17.5 Å². The third-order valence-corrected chi connectivity index (χ3v) is 3.08. The molecule has 1 atom stereocenters. The second kappa shape index (κ2) is 5.50. The smallest absolute Gasteiger partial charge is 0.343 e. The lowest BCUT2D eigenvalue weighted by atomic mass is 10.2. The van der Waals surface area contributed by atoms with Crippen molar-refractivity contribution in [2.75, 3.05) is 39.6 Å². The number of nitrogens with zero attached hydrogens (tertiary/aromatic N) is 3. The van der Waals surface area contributed by atoms with Crippen LogP contribution in [0.4, 0.5) is 5.82 Å². The number of esters is 1. The first-order valence-electron chi connectivity index (χ1n) is 6.05. The van der Waals surface area contributed by atoms with Gasteiger partial charge in [0, 0.05) is 13.1 Å². The maximum Gasteiger partial charge on any atom is 0.343 e. The highest BCUT2D eigenvalue weighted by Crippen LogP contribution is 2.22. The molecule has 1 aromatic rings. The van der Waals surface area contributed by atoms with Gasteiger partial charge in [-0.1, -0.05) is 0 Å². The third kappa shape index (κ3) is 2.82. The van der Waals surface area contributed by atoms with Gasteiger partial charge in [0.05, 0.1) is 19.4 Å². The molecule has 2 N–H and O–H groups in total. The van der Waals surface area contributed by atoms with Crippen LogP contribution in [-0.4, -0.2) is 54.7 Å². The highest BCUT2D eigenvalue weighted by atomic mass is 16.5. The molecule has 1 fully saturated rings. The van der Waals surface area contributed by atoms with Crippen LogP contribution >= 0.6 is 0 Å². The van der Waals surface area contributed by atoms with Crippen LogP contribution in [0.25, 0.3) is 0 Å². The number of aryl methyl sites for hydroxylation is 1. The zero-order chi connectivity index (χ0) is 14.0. The normalized spacial score (nSPS) is 20.3. The number of nitrogens with two attached hydrogens (primary N) is 1. The summed E-state index contributed by atoms with van der Waals surface area (Å²) in [5.41, 5.74) is 6.54. The maximum absolute atomic E-state index is 11.6. The van der Waals surface area contributed by atoms with Crippen LogP contribution in [0.3, 0.4) is 0 Å². The number of ether oxygens (including phenoxy) is 2. The predicted octanol–water partition coefficient (Wildman–Crippen LogP) is 0.157. The average Bonchev–Trinajstić information content (AvgIpc) is 2.37. The number of hydrogen-bond donors (Lipinski definition) is 1. The number of anilines is 1. The Morgan fingerprint density at radius 2 is 2.26 bits per heavy atom. The van der Waals surface area contributed by atoms with Crippen molar-refractivity contribution in [2.45, 2.75) is 13.0 Å². The Bertz CT molecular complexity index is 469. The van der Waals surface area contributed by atoms with E-state index in [4.69, 9.17) is 10.5 Å². The van der Waals surface area contributed by atoms with Gasteiger partial charge in [0.25, 0.3) is 0 Å². The fraction of sp³-hybridized carbons (Fsp3) is 0.583. The number of carbonyl (C=O) groups is 1. The number of hydrogen-bond acceptors (Lipinski definition) is 7. The Kier molecular flexibility index (Phi) is 3.96. The van der Waals surface area contributed by atoms with Crippen molar-refractivity contribution >= 4 is 11.8 Å². The van der Waals surface area contributed by atoms with Crippen LogP contribution < -0.4 is 5.73 Å². The summed E-state index contributed by atoms with van der Waals surface area (Å²) in [4.78, 5) is 22.2. The molecule has 0 aliphatic carbocycles. The van der Waals surface area contributed by atoms with Crippen molar-refractivity contribution in [1.29, 1.82) is 0 Å². The van der Waals surface area contributed by atoms with Gasteiger partial charge in [0.1, 0.15) is 17.5 Å². The molecule has 0 spiro atoms. The number of carbonyl (C=O) groups excluding carboxylic acids is 1. The quantitative estimate of drug-likeness (QED) is 0.762. The summed E-state index contributed by atoms with van der Waals surface area (Å²) in [7, 11) is 3.31. The van der Waals surface area contributed by atoms with Crippen molar-refractivity contribution < 1.29 is 14.3 Å². The molecule has 0 bridgehead atoms. The minimum Gasteiger partial charge on any atom is -0.465 e. The first-order valence-corrected chi connectivity index (χ1v) is 6.05. The molecule has 2 rings (SSSR count). The van der Waals surface area contributed by atoms with E-state index >= 15 is 0 Å². The van der Waals surface area contributed by atoms with Gasteiger partial charge in [-0.25, -0.2) is 14.8 Å². The highest BCUT2D eigenvalue weighted by Gasteiger charge is 2.25. The van der Waals surface area contributed by atoms with Gasteiger partial charge in [0.2, 0.25) is 0 Å². The largest absolute Gasteiger partial charge is 0.465 e. The second-order valence-corrected chi connectivity index (χ2v) is 4.54. The molecule has 0 saturated carbocycles. The van der Waals surface area contributed by atoms with E-state index in [1.807, 2.05) is 7.05 Å². The van der Waals surface area contributed by atoms with Crippen LogP contribution in [0.15, 0.2) is 0 Å². The van der Waals surface area contributed by atoms with Gasteiger partial charge in [-0.3, -0.25) is 0 Å². The fourth-order valence-electron chi connectivity index (χ4n) is 2.05. The number of nitrogen functional groups attached to an aromatic ring is 1. The Morgan fingerprint density at radius 3 is 2.84 bits per heavy atom. The molecule has 0 amide bonds. The molecule has 104 valence electrons. The number of aromatic nitrogens is 2. The highest BCUT2D eigenvalue weighted by molar-refractivity contribution is 5.95. The van der Waals surface area contributed by atoms with E-state index in [2.05, 4.69) is 19.6 Å². The zero-order valence-electron chi connectivity index (χ0n) is 11.3. The summed E-state index contributed by atoms with van der Waals surface area (Å²) >= 11 is 0. The van der Waals surface area contributed by atoms with Crippen molar-refractivity contribution in [1.82, 2.24) is 14.9 Å². The summed E-state index contributed by atoms with van der Waals surface area (Å²) in [5, 5.41) is 0. The molecule has 7 heteroatoms. The molecular weight excluding hydrogens is 248 g/mol. The molecule has 1 aliphatic rings. The standard InChI is InChI=1S/C12H18N4O3/c1-7-9(12(17)18-3)10(13)15-11(14-7)8-6-16(2)4-5-19-8/h8H,4-6H2,1-3H3,(H2,13,14,15). The summed E-state index contributed by atoms with van der Waals surface area (Å²) < 4.78 is 10.3. The third-order valence-electron chi connectivity index (χ3n) is 3.08. The van der Waals surface area contributed by atoms with E-state index in [0.717, 1.165) is 6.54 Å². The second-order valence-electron chi connectivity index (χ2n) is 4.54. The van der Waals surface area contributed by atoms with Crippen LogP contribution in [0.2, 0.25) is 0 Å². The van der Waals surface area contributed by atoms with Gasteiger partial charge in [-0.15, -0.1) is 0 Å². The molecule has 1 unspecified atom stereocenters. The van der Waals surface area contributed by atoms with E-state index in [9.17, 15) is 4.79 Å². The lowest BCUT2D eigenvalue weighted by molar-refractivity contribution is -0.0255. The summed E-state index contributed by atoms with van der Waals surface area (Å²) in [5.74, 6) is 0.114.